The Morgan fingerprint density at radius 2 is 1.61 bits per heavy atom. The second-order valence-electron chi connectivity index (χ2n) is 5.92. The molecular weight excluding hydrogens is 282 g/mol. The lowest BCUT2D eigenvalue weighted by atomic mass is 10.0. The minimum absolute atomic E-state index is 0.693. The van der Waals surface area contributed by atoms with Crippen LogP contribution in [0.2, 0.25) is 0 Å². The van der Waals surface area contributed by atoms with Gasteiger partial charge in [-0.25, -0.2) is 0 Å². The summed E-state index contributed by atoms with van der Waals surface area (Å²) in [5.41, 5.74) is 3.97. The van der Waals surface area contributed by atoms with Crippen LogP contribution in [0.3, 0.4) is 0 Å². The van der Waals surface area contributed by atoms with Crippen molar-refractivity contribution in [1.82, 2.24) is 4.90 Å². The highest BCUT2D eigenvalue weighted by Gasteiger charge is 2.13. The minimum atomic E-state index is 0.693. The molecule has 1 saturated heterocycles. The Kier molecular flexibility index (Phi) is 4.75. The molecule has 1 heterocycles. The number of piperazine rings is 1. The van der Waals surface area contributed by atoms with E-state index in [1.54, 1.807) is 0 Å². The van der Waals surface area contributed by atoms with E-state index in [0.29, 0.717) is 5.57 Å². The zero-order valence-electron chi connectivity index (χ0n) is 13.4. The topological polar surface area (TPSA) is 30.3 Å². The number of likely N-dealkylation sites (N-methyl/N-ethyl adjacent to an activating group) is 1. The van der Waals surface area contributed by atoms with E-state index < -0.39 is 0 Å². The maximum Gasteiger partial charge on any atom is 0.0998 e. The molecule has 3 rings (SSSR count). The van der Waals surface area contributed by atoms with Crippen LogP contribution in [0.4, 0.5) is 5.69 Å². The van der Waals surface area contributed by atoms with Crippen LogP contribution >= 0.6 is 0 Å². The van der Waals surface area contributed by atoms with Gasteiger partial charge in [0.25, 0.3) is 0 Å². The SMILES string of the molecule is CN1CCN(c2ccc(C=C(C#N)c3ccccc3)cc2)CC1. The third-order valence-electron chi connectivity index (χ3n) is 4.28. The predicted molar refractivity (Wildman–Crippen MR) is 96.1 cm³/mol. The van der Waals surface area contributed by atoms with Crippen molar-refractivity contribution in [2.75, 3.05) is 38.1 Å². The van der Waals surface area contributed by atoms with Gasteiger partial charge in [-0.1, -0.05) is 42.5 Å². The fraction of sp³-hybridized carbons (Fsp3) is 0.250. The number of hydrogen-bond acceptors (Lipinski definition) is 3. The molecule has 0 bridgehead atoms. The van der Waals surface area contributed by atoms with Gasteiger partial charge in [0, 0.05) is 31.9 Å². The van der Waals surface area contributed by atoms with Crippen LogP contribution < -0.4 is 4.90 Å². The molecule has 2 aromatic carbocycles. The highest BCUT2D eigenvalue weighted by molar-refractivity contribution is 5.89. The first kappa shape index (κ1) is 15.3. The number of anilines is 1. The summed E-state index contributed by atoms with van der Waals surface area (Å²) in [7, 11) is 2.16. The van der Waals surface area contributed by atoms with Gasteiger partial charge in [0.1, 0.15) is 0 Å². The first-order chi connectivity index (χ1) is 11.3. The summed E-state index contributed by atoms with van der Waals surface area (Å²) in [4.78, 5) is 4.77. The molecular formula is C20H21N3. The molecule has 0 aromatic heterocycles. The fourth-order valence-corrected chi connectivity index (χ4v) is 2.81. The molecule has 23 heavy (non-hydrogen) atoms. The summed E-state index contributed by atoms with van der Waals surface area (Å²) in [6.07, 6.45) is 1.95. The molecule has 3 heteroatoms. The second kappa shape index (κ2) is 7.13. The summed E-state index contributed by atoms with van der Waals surface area (Å²) in [5.74, 6) is 0. The van der Waals surface area contributed by atoms with Crippen molar-refractivity contribution < 1.29 is 0 Å². The van der Waals surface area contributed by atoms with E-state index in [2.05, 4.69) is 47.2 Å². The zero-order valence-corrected chi connectivity index (χ0v) is 13.4. The van der Waals surface area contributed by atoms with Gasteiger partial charge in [-0.15, -0.1) is 0 Å². The zero-order chi connectivity index (χ0) is 16.1. The van der Waals surface area contributed by atoms with Crippen molar-refractivity contribution >= 4 is 17.3 Å². The van der Waals surface area contributed by atoms with Gasteiger partial charge >= 0.3 is 0 Å². The molecule has 116 valence electrons. The average Bonchev–Trinajstić information content (AvgIpc) is 2.62. The molecule has 0 atom stereocenters. The molecule has 0 aliphatic carbocycles. The predicted octanol–water partition coefficient (Wildman–Crippen LogP) is 3.50. The minimum Gasteiger partial charge on any atom is -0.369 e. The van der Waals surface area contributed by atoms with E-state index in [1.807, 2.05) is 36.4 Å². The van der Waals surface area contributed by atoms with Gasteiger partial charge in [0.15, 0.2) is 0 Å². The van der Waals surface area contributed by atoms with Gasteiger partial charge in [0.2, 0.25) is 0 Å². The Labute approximate surface area is 138 Å². The molecule has 0 spiro atoms. The lowest BCUT2D eigenvalue weighted by Gasteiger charge is -2.34. The Hall–Kier alpha value is -2.57. The van der Waals surface area contributed by atoms with Gasteiger partial charge < -0.3 is 9.80 Å². The Morgan fingerprint density at radius 3 is 2.22 bits per heavy atom. The first-order valence-electron chi connectivity index (χ1n) is 7.97. The summed E-state index contributed by atoms with van der Waals surface area (Å²) in [5, 5.41) is 9.39. The molecule has 2 aromatic rings. The largest absolute Gasteiger partial charge is 0.369 e. The fourth-order valence-electron chi connectivity index (χ4n) is 2.81. The normalized spacial score (nSPS) is 16.2. The van der Waals surface area contributed by atoms with Crippen molar-refractivity contribution in [2.45, 2.75) is 0 Å². The Bertz CT molecular complexity index is 703. The van der Waals surface area contributed by atoms with Crippen LogP contribution in [-0.2, 0) is 0 Å². The molecule has 0 radical (unpaired) electrons. The summed E-state index contributed by atoms with van der Waals surface area (Å²) in [6, 6.07) is 20.6. The summed E-state index contributed by atoms with van der Waals surface area (Å²) < 4.78 is 0. The quantitative estimate of drug-likeness (QED) is 0.642. The highest BCUT2D eigenvalue weighted by Crippen LogP contribution is 2.21. The monoisotopic (exact) mass is 303 g/mol. The smallest absolute Gasteiger partial charge is 0.0998 e. The number of allylic oxidation sites excluding steroid dienone is 1. The molecule has 3 nitrogen and oxygen atoms in total. The molecule has 1 aliphatic rings. The molecule has 0 N–H and O–H groups in total. The van der Waals surface area contributed by atoms with Gasteiger partial charge in [-0.3, -0.25) is 0 Å². The van der Waals surface area contributed by atoms with Gasteiger partial charge in [-0.05, 0) is 36.4 Å². The number of nitrogens with zero attached hydrogens (tertiary/aromatic N) is 3. The molecule has 0 amide bonds. The average molecular weight is 303 g/mol. The van der Waals surface area contributed by atoms with Crippen molar-refractivity contribution in [3.8, 4) is 6.07 Å². The maximum atomic E-state index is 9.39. The molecule has 0 saturated carbocycles. The Balaban J connectivity index is 1.77. The third-order valence-corrected chi connectivity index (χ3v) is 4.28. The van der Waals surface area contributed by atoms with E-state index in [-0.39, 0.29) is 0 Å². The first-order valence-corrected chi connectivity index (χ1v) is 7.97. The van der Waals surface area contributed by atoms with E-state index in [0.717, 1.165) is 37.3 Å². The third kappa shape index (κ3) is 3.80. The van der Waals surface area contributed by atoms with Crippen LogP contribution in [0.25, 0.3) is 11.6 Å². The lowest BCUT2D eigenvalue weighted by Crippen LogP contribution is -2.44. The van der Waals surface area contributed by atoms with Crippen molar-refractivity contribution in [3.63, 3.8) is 0 Å². The summed E-state index contributed by atoms with van der Waals surface area (Å²) in [6.45, 7) is 4.35. The highest BCUT2D eigenvalue weighted by atomic mass is 15.2. The standard InChI is InChI=1S/C20H21N3/c1-22-11-13-23(14-12-22)20-9-7-17(8-10-20)15-19(16-21)18-5-3-2-4-6-18/h2-10,15H,11-14H2,1H3. The number of benzene rings is 2. The van der Waals surface area contributed by atoms with Gasteiger partial charge in [-0.2, -0.15) is 5.26 Å². The van der Waals surface area contributed by atoms with Crippen LogP contribution in [0.15, 0.2) is 54.6 Å². The van der Waals surface area contributed by atoms with E-state index in [1.165, 1.54) is 5.69 Å². The number of rotatable bonds is 3. The molecule has 1 fully saturated rings. The van der Waals surface area contributed by atoms with E-state index >= 15 is 0 Å². The van der Waals surface area contributed by atoms with Crippen LogP contribution in [0.1, 0.15) is 11.1 Å². The van der Waals surface area contributed by atoms with Crippen molar-refractivity contribution in [3.05, 3.63) is 65.7 Å². The maximum absolute atomic E-state index is 9.39. The lowest BCUT2D eigenvalue weighted by molar-refractivity contribution is 0.313. The van der Waals surface area contributed by atoms with E-state index in [9.17, 15) is 5.26 Å². The van der Waals surface area contributed by atoms with Crippen LogP contribution in [0.5, 0.6) is 0 Å². The van der Waals surface area contributed by atoms with E-state index in [4.69, 9.17) is 0 Å². The second-order valence-corrected chi connectivity index (χ2v) is 5.92. The molecule has 1 aliphatic heterocycles. The van der Waals surface area contributed by atoms with Gasteiger partial charge in [0.05, 0.1) is 11.6 Å². The van der Waals surface area contributed by atoms with Crippen LogP contribution in [-0.4, -0.2) is 38.1 Å². The molecule has 0 unspecified atom stereocenters. The van der Waals surface area contributed by atoms with Crippen molar-refractivity contribution in [1.29, 1.82) is 5.26 Å². The Morgan fingerprint density at radius 1 is 0.957 bits per heavy atom. The number of hydrogen-bond donors (Lipinski definition) is 0. The summed E-state index contributed by atoms with van der Waals surface area (Å²) >= 11 is 0. The van der Waals surface area contributed by atoms with Crippen LogP contribution in [0, 0.1) is 11.3 Å². The van der Waals surface area contributed by atoms with Crippen molar-refractivity contribution in [2.24, 2.45) is 0 Å². The number of nitriles is 1.